The SMILES string of the molecule is O=C1C(Oc2cc(F)c(F)cc2O)CCC[C@@H]1[P+](O)(c1ccccc1)c1ccccc1. The van der Waals surface area contributed by atoms with Gasteiger partial charge < -0.3 is 9.84 Å². The summed E-state index contributed by atoms with van der Waals surface area (Å²) in [4.78, 5) is 25.5. The number of hydrogen-bond acceptors (Lipinski definition) is 4. The van der Waals surface area contributed by atoms with Gasteiger partial charge in [-0.3, -0.25) is 4.79 Å². The minimum atomic E-state index is -3.10. The zero-order valence-corrected chi connectivity index (χ0v) is 17.5. The molecule has 160 valence electrons. The fraction of sp³-hybridized carbons (Fsp3) is 0.208. The normalized spacial score (nSPS) is 19.3. The average molecular weight is 443 g/mol. The summed E-state index contributed by atoms with van der Waals surface area (Å²) in [7, 11) is -3.10. The Morgan fingerprint density at radius 3 is 2.00 bits per heavy atom. The van der Waals surface area contributed by atoms with Crippen LogP contribution in [0.25, 0.3) is 0 Å². The molecule has 0 amide bonds. The van der Waals surface area contributed by atoms with Crippen molar-refractivity contribution in [3.63, 3.8) is 0 Å². The van der Waals surface area contributed by atoms with Gasteiger partial charge in [-0.2, -0.15) is 0 Å². The van der Waals surface area contributed by atoms with Crippen molar-refractivity contribution in [2.45, 2.75) is 31.0 Å². The predicted octanol–water partition coefficient (Wildman–Crippen LogP) is 4.12. The van der Waals surface area contributed by atoms with Crippen molar-refractivity contribution in [1.29, 1.82) is 0 Å². The molecule has 2 atom stereocenters. The number of ketones is 1. The highest BCUT2D eigenvalue weighted by atomic mass is 31.2. The summed E-state index contributed by atoms with van der Waals surface area (Å²) in [5, 5.41) is 11.3. The Balaban J connectivity index is 1.70. The zero-order valence-electron chi connectivity index (χ0n) is 16.6. The molecule has 0 spiro atoms. The van der Waals surface area contributed by atoms with Gasteiger partial charge >= 0.3 is 0 Å². The van der Waals surface area contributed by atoms with Gasteiger partial charge in [-0.1, -0.05) is 36.4 Å². The molecule has 0 aliphatic heterocycles. The van der Waals surface area contributed by atoms with Gasteiger partial charge in [-0.25, -0.2) is 13.7 Å². The average Bonchev–Trinajstić information content (AvgIpc) is 2.79. The van der Waals surface area contributed by atoms with Crippen LogP contribution in [0.15, 0.2) is 72.8 Å². The molecule has 1 saturated carbocycles. The third-order valence-electron chi connectivity index (χ3n) is 5.61. The van der Waals surface area contributed by atoms with Crippen molar-refractivity contribution in [2.24, 2.45) is 0 Å². The molecule has 4 rings (SSSR count). The highest BCUT2D eigenvalue weighted by molar-refractivity contribution is 7.86. The molecule has 0 aromatic heterocycles. The van der Waals surface area contributed by atoms with E-state index in [9.17, 15) is 23.6 Å². The Morgan fingerprint density at radius 1 is 0.871 bits per heavy atom. The molecule has 3 aromatic rings. The molecule has 0 bridgehead atoms. The van der Waals surface area contributed by atoms with Gasteiger partial charge in [-0.15, -0.1) is 0 Å². The van der Waals surface area contributed by atoms with Crippen LogP contribution in [0.3, 0.4) is 0 Å². The summed E-state index contributed by atoms with van der Waals surface area (Å²) in [6, 6.07) is 19.6. The van der Waals surface area contributed by atoms with Gasteiger partial charge in [0.2, 0.25) is 13.3 Å². The zero-order chi connectivity index (χ0) is 22.0. The molecule has 0 heterocycles. The van der Waals surface area contributed by atoms with Crippen LogP contribution in [-0.4, -0.2) is 27.5 Å². The van der Waals surface area contributed by atoms with E-state index in [1.807, 2.05) is 60.7 Å². The van der Waals surface area contributed by atoms with Crippen molar-refractivity contribution in [2.75, 3.05) is 0 Å². The number of aromatic hydroxyl groups is 1. The van der Waals surface area contributed by atoms with Crippen LogP contribution in [0.2, 0.25) is 0 Å². The van der Waals surface area contributed by atoms with Gasteiger partial charge in [0.15, 0.2) is 34.9 Å². The third-order valence-corrected chi connectivity index (χ3v) is 9.20. The van der Waals surface area contributed by atoms with Crippen LogP contribution in [0.5, 0.6) is 11.5 Å². The number of carbonyl (C=O) groups is 1. The lowest BCUT2D eigenvalue weighted by molar-refractivity contribution is -0.127. The molecule has 0 radical (unpaired) electrons. The second-order valence-corrected chi connectivity index (χ2v) is 10.6. The van der Waals surface area contributed by atoms with E-state index < -0.39 is 36.6 Å². The fourth-order valence-corrected chi connectivity index (χ4v) is 7.43. The monoisotopic (exact) mass is 443 g/mol. The molecule has 1 unspecified atom stereocenters. The smallest absolute Gasteiger partial charge is 0.216 e. The molecular weight excluding hydrogens is 421 g/mol. The number of phenolic OH excluding ortho intramolecular Hbond substituents is 1. The van der Waals surface area contributed by atoms with E-state index in [1.165, 1.54) is 0 Å². The molecule has 1 aliphatic rings. The molecule has 0 saturated heterocycles. The molecule has 1 aliphatic carbocycles. The number of rotatable bonds is 5. The van der Waals surface area contributed by atoms with Crippen LogP contribution < -0.4 is 15.3 Å². The summed E-state index contributed by atoms with van der Waals surface area (Å²) >= 11 is 0. The van der Waals surface area contributed by atoms with Gasteiger partial charge in [0.05, 0.1) is 0 Å². The van der Waals surface area contributed by atoms with Crippen LogP contribution in [0.1, 0.15) is 19.3 Å². The van der Waals surface area contributed by atoms with Crippen LogP contribution >= 0.6 is 7.49 Å². The van der Waals surface area contributed by atoms with Crippen LogP contribution in [0.4, 0.5) is 8.78 Å². The number of phenols is 1. The molecule has 4 nitrogen and oxygen atoms in total. The minimum absolute atomic E-state index is 0.292. The number of halogens is 2. The van der Waals surface area contributed by atoms with Crippen molar-refractivity contribution < 1.29 is 28.3 Å². The van der Waals surface area contributed by atoms with E-state index in [4.69, 9.17) is 4.74 Å². The maximum atomic E-state index is 13.6. The summed E-state index contributed by atoms with van der Waals surface area (Å²) in [6.07, 6.45) is 0.468. The van der Waals surface area contributed by atoms with Crippen molar-refractivity contribution >= 4 is 23.9 Å². The van der Waals surface area contributed by atoms with E-state index in [2.05, 4.69) is 0 Å². The summed E-state index contributed by atoms with van der Waals surface area (Å²) in [5.41, 5.74) is -0.705. The number of carbonyl (C=O) groups excluding carboxylic acids is 1. The Hall–Kier alpha value is -2.82. The van der Waals surface area contributed by atoms with E-state index >= 15 is 0 Å². The van der Waals surface area contributed by atoms with Crippen molar-refractivity contribution in [3.05, 3.63) is 84.4 Å². The number of benzene rings is 3. The maximum absolute atomic E-state index is 13.6. The van der Waals surface area contributed by atoms with Crippen LogP contribution in [-0.2, 0) is 4.79 Å². The highest BCUT2D eigenvalue weighted by Gasteiger charge is 2.56. The number of Topliss-reactive ketones (excluding diaryl/α,β-unsaturated/α-hetero) is 1. The Labute approximate surface area is 179 Å². The van der Waals surface area contributed by atoms with E-state index in [-0.39, 0.29) is 11.5 Å². The second kappa shape index (κ2) is 8.74. The van der Waals surface area contributed by atoms with E-state index in [1.54, 1.807) is 0 Å². The minimum Gasteiger partial charge on any atom is -0.504 e. The lowest BCUT2D eigenvalue weighted by Gasteiger charge is -2.33. The maximum Gasteiger partial charge on any atom is 0.216 e. The fourth-order valence-electron chi connectivity index (χ4n) is 4.07. The molecular formula is C24H22F2O4P+. The van der Waals surface area contributed by atoms with Gasteiger partial charge in [0, 0.05) is 12.1 Å². The first kappa shape index (κ1) is 21.4. The highest BCUT2D eigenvalue weighted by Crippen LogP contribution is 2.60. The first-order valence-corrected chi connectivity index (χ1v) is 11.8. The Bertz CT molecular complexity index is 1040. The molecule has 3 aromatic carbocycles. The topological polar surface area (TPSA) is 66.8 Å². The lowest BCUT2D eigenvalue weighted by atomic mass is 9.95. The quantitative estimate of drug-likeness (QED) is 0.583. The largest absolute Gasteiger partial charge is 0.504 e. The number of hydrogen-bond donors (Lipinski definition) is 2. The summed E-state index contributed by atoms with van der Waals surface area (Å²) in [5.74, 6) is -3.56. The van der Waals surface area contributed by atoms with Gasteiger partial charge in [0.1, 0.15) is 10.6 Å². The predicted molar refractivity (Wildman–Crippen MR) is 116 cm³/mol. The van der Waals surface area contributed by atoms with Crippen molar-refractivity contribution in [1.82, 2.24) is 0 Å². The van der Waals surface area contributed by atoms with Crippen LogP contribution in [0, 0.1) is 11.6 Å². The Morgan fingerprint density at radius 2 is 1.42 bits per heavy atom. The number of ether oxygens (including phenoxy) is 1. The third kappa shape index (κ3) is 4.06. The summed E-state index contributed by atoms with van der Waals surface area (Å²) in [6.45, 7) is 0. The summed E-state index contributed by atoms with van der Waals surface area (Å²) < 4.78 is 32.6. The lowest BCUT2D eigenvalue weighted by Crippen LogP contribution is -2.45. The first-order valence-electron chi connectivity index (χ1n) is 10.0. The van der Waals surface area contributed by atoms with E-state index in [0.29, 0.717) is 35.9 Å². The Kier molecular flexibility index (Phi) is 6.03. The van der Waals surface area contributed by atoms with Gasteiger partial charge in [-0.05, 0) is 43.5 Å². The van der Waals surface area contributed by atoms with Gasteiger partial charge in [0.25, 0.3) is 0 Å². The molecule has 7 heteroatoms. The first-order chi connectivity index (χ1) is 14.9. The van der Waals surface area contributed by atoms with Crippen molar-refractivity contribution in [3.8, 4) is 11.5 Å². The molecule has 2 N–H and O–H groups in total. The second-order valence-electron chi connectivity index (χ2n) is 7.55. The van der Waals surface area contributed by atoms with E-state index in [0.717, 1.165) is 6.07 Å². The molecule has 1 fully saturated rings. The standard InChI is InChI=1S/C24H21F2O4P/c25-18-14-20(27)22(15-19(18)26)30-21-12-7-13-23(24(21)28)31(29,16-8-3-1-4-9-16)17-10-5-2-6-11-17/h1-6,8-11,14-15,21,23,29H,7,12-13H2/p+1/t21?,23-/m0/s1. The molecule has 31 heavy (non-hydrogen) atoms.